The molecular formula is C20H30F3N3OS. The first kappa shape index (κ1) is 22.9. The molecule has 0 saturated carbocycles. The average molecular weight is 418 g/mol. The minimum Gasteiger partial charge on any atom is -0.381 e. The molecule has 4 nitrogen and oxygen atoms in total. The zero-order chi connectivity index (χ0) is 20.8. The van der Waals surface area contributed by atoms with Crippen molar-refractivity contribution in [2.45, 2.75) is 43.0 Å². The van der Waals surface area contributed by atoms with Gasteiger partial charge in [0, 0.05) is 43.5 Å². The number of alkyl halides is 3. The van der Waals surface area contributed by atoms with Gasteiger partial charge in [-0.3, -0.25) is 4.99 Å². The summed E-state index contributed by atoms with van der Waals surface area (Å²) >= 11 is 1.76. The lowest BCUT2D eigenvalue weighted by Gasteiger charge is -2.38. The molecule has 0 bridgehead atoms. The van der Waals surface area contributed by atoms with Gasteiger partial charge in [-0.2, -0.15) is 24.9 Å². The molecule has 0 aromatic heterocycles. The van der Waals surface area contributed by atoms with E-state index in [0.29, 0.717) is 44.1 Å². The molecule has 0 spiro atoms. The number of benzene rings is 1. The average Bonchev–Trinajstić information content (AvgIpc) is 2.68. The van der Waals surface area contributed by atoms with Crippen molar-refractivity contribution in [1.82, 2.24) is 10.6 Å². The highest BCUT2D eigenvalue weighted by Crippen LogP contribution is 2.37. The van der Waals surface area contributed by atoms with Crippen LogP contribution in [-0.2, 0) is 16.3 Å². The Morgan fingerprint density at radius 2 is 1.89 bits per heavy atom. The first-order chi connectivity index (χ1) is 13.1. The van der Waals surface area contributed by atoms with Crippen molar-refractivity contribution < 1.29 is 17.9 Å². The fourth-order valence-electron chi connectivity index (χ4n) is 3.20. The third-order valence-corrected chi connectivity index (χ3v) is 6.55. The number of hydrogen-bond donors (Lipinski definition) is 2. The number of halogens is 3. The van der Waals surface area contributed by atoms with Crippen molar-refractivity contribution in [3.8, 4) is 0 Å². The first-order valence-corrected chi connectivity index (χ1v) is 10.6. The number of ether oxygens (including phenoxy) is 1. The predicted octanol–water partition coefficient (Wildman–Crippen LogP) is 4.06. The number of nitrogens with zero attached hydrogens (tertiary/aromatic N) is 1. The maximum atomic E-state index is 13.2. The highest BCUT2D eigenvalue weighted by Gasteiger charge is 2.37. The van der Waals surface area contributed by atoms with Crippen LogP contribution in [0, 0.1) is 0 Å². The molecule has 1 aliphatic rings. The lowest BCUT2D eigenvalue weighted by molar-refractivity contribution is -0.137. The number of guanidine groups is 1. The summed E-state index contributed by atoms with van der Waals surface area (Å²) in [4.78, 5) is 4.27. The molecule has 28 heavy (non-hydrogen) atoms. The lowest BCUT2D eigenvalue weighted by Crippen LogP contribution is -2.49. The fraction of sp³-hybridized carbons (Fsp3) is 0.650. The zero-order valence-electron chi connectivity index (χ0n) is 16.9. The molecule has 1 heterocycles. The van der Waals surface area contributed by atoms with Crippen molar-refractivity contribution >= 4 is 17.7 Å². The molecule has 0 unspecified atom stereocenters. The molecule has 158 valence electrons. The third kappa shape index (κ3) is 6.04. The monoisotopic (exact) mass is 417 g/mol. The van der Waals surface area contributed by atoms with Crippen LogP contribution >= 0.6 is 11.8 Å². The molecule has 0 aliphatic carbocycles. The van der Waals surface area contributed by atoms with Gasteiger partial charge in [0.1, 0.15) is 0 Å². The van der Waals surface area contributed by atoms with Gasteiger partial charge in [-0.15, -0.1) is 0 Å². The Bertz CT molecular complexity index is 671. The third-order valence-electron chi connectivity index (χ3n) is 5.30. The van der Waals surface area contributed by atoms with Crippen LogP contribution < -0.4 is 10.6 Å². The number of rotatable bonds is 6. The maximum absolute atomic E-state index is 13.2. The Kier molecular flexibility index (Phi) is 7.67. The van der Waals surface area contributed by atoms with Crippen molar-refractivity contribution in [1.29, 1.82) is 0 Å². The summed E-state index contributed by atoms with van der Waals surface area (Å²) < 4.78 is 45.1. The summed E-state index contributed by atoms with van der Waals surface area (Å²) in [5, 5.41) is 6.64. The van der Waals surface area contributed by atoms with Crippen molar-refractivity contribution in [2.24, 2.45) is 4.99 Å². The van der Waals surface area contributed by atoms with E-state index in [1.807, 2.05) is 0 Å². The second-order valence-corrected chi connectivity index (χ2v) is 9.23. The normalized spacial score (nSPS) is 18.0. The van der Waals surface area contributed by atoms with Gasteiger partial charge in [0.2, 0.25) is 0 Å². The SMILES string of the molecule is CN=C(NCC(C)(C)SC)NCC1(c2cccc(C(F)(F)F)c2)CCOCC1. The van der Waals surface area contributed by atoms with Crippen LogP contribution in [-0.4, -0.2) is 50.3 Å². The van der Waals surface area contributed by atoms with Crippen LogP contribution in [0.1, 0.15) is 37.8 Å². The number of nitrogens with one attached hydrogen (secondary N) is 2. The van der Waals surface area contributed by atoms with Crippen molar-refractivity contribution in [3.63, 3.8) is 0 Å². The van der Waals surface area contributed by atoms with Gasteiger partial charge in [-0.1, -0.05) is 18.2 Å². The van der Waals surface area contributed by atoms with Gasteiger partial charge in [-0.05, 0) is 44.6 Å². The summed E-state index contributed by atoms with van der Waals surface area (Å²) in [6, 6.07) is 5.67. The predicted molar refractivity (Wildman–Crippen MR) is 110 cm³/mol. The van der Waals surface area contributed by atoms with Gasteiger partial charge in [0.05, 0.1) is 5.56 Å². The van der Waals surface area contributed by atoms with Crippen LogP contribution in [0.4, 0.5) is 13.2 Å². The van der Waals surface area contributed by atoms with E-state index in [1.165, 1.54) is 12.1 Å². The molecular weight excluding hydrogens is 387 g/mol. The Morgan fingerprint density at radius 1 is 1.21 bits per heavy atom. The van der Waals surface area contributed by atoms with E-state index in [1.54, 1.807) is 24.9 Å². The molecule has 0 amide bonds. The molecule has 0 atom stereocenters. The molecule has 1 fully saturated rings. The van der Waals surface area contributed by atoms with E-state index in [-0.39, 0.29) is 4.75 Å². The fourth-order valence-corrected chi connectivity index (χ4v) is 3.41. The molecule has 2 rings (SSSR count). The maximum Gasteiger partial charge on any atom is 0.416 e. The molecule has 2 N–H and O–H groups in total. The zero-order valence-corrected chi connectivity index (χ0v) is 17.8. The summed E-state index contributed by atoms with van der Waals surface area (Å²) in [6.45, 7) is 6.57. The highest BCUT2D eigenvalue weighted by atomic mass is 32.2. The van der Waals surface area contributed by atoms with E-state index in [0.717, 1.165) is 12.6 Å². The van der Waals surface area contributed by atoms with Crippen LogP contribution in [0.15, 0.2) is 29.3 Å². The minimum atomic E-state index is -4.35. The van der Waals surface area contributed by atoms with Gasteiger partial charge in [-0.25, -0.2) is 0 Å². The summed E-state index contributed by atoms with van der Waals surface area (Å²) in [6.07, 6.45) is -0.970. The Labute approximate surface area is 169 Å². The van der Waals surface area contributed by atoms with Gasteiger partial charge in [0.15, 0.2) is 5.96 Å². The molecule has 0 radical (unpaired) electrons. The molecule has 8 heteroatoms. The second-order valence-electron chi connectivity index (χ2n) is 7.71. The van der Waals surface area contributed by atoms with Gasteiger partial charge >= 0.3 is 6.18 Å². The smallest absolute Gasteiger partial charge is 0.381 e. The van der Waals surface area contributed by atoms with E-state index >= 15 is 0 Å². The topological polar surface area (TPSA) is 45.7 Å². The first-order valence-electron chi connectivity index (χ1n) is 9.37. The largest absolute Gasteiger partial charge is 0.416 e. The Balaban J connectivity index is 2.17. The quantitative estimate of drug-likeness (QED) is 0.541. The van der Waals surface area contributed by atoms with E-state index in [2.05, 4.69) is 35.7 Å². The van der Waals surface area contributed by atoms with Crippen LogP contribution in [0.2, 0.25) is 0 Å². The number of aliphatic imine (C=N–C) groups is 1. The lowest BCUT2D eigenvalue weighted by atomic mass is 9.73. The summed E-state index contributed by atoms with van der Waals surface area (Å²) in [5.74, 6) is 0.653. The van der Waals surface area contributed by atoms with Crippen LogP contribution in [0.3, 0.4) is 0 Å². The van der Waals surface area contributed by atoms with Crippen LogP contribution in [0.25, 0.3) is 0 Å². The molecule has 1 aromatic rings. The van der Waals surface area contributed by atoms with Crippen molar-refractivity contribution in [3.05, 3.63) is 35.4 Å². The second kappa shape index (κ2) is 9.39. The van der Waals surface area contributed by atoms with Crippen molar-refractivity contribution in [2.75, 3.05) is 39.6 Å². The standard InChI is InChI=1S/C20H30F3N3OS/c1-18(2,28-4)13-25-17(24-3)26-14-19(8-10-27-11-9-19)15-6-5-7-16(12-15)20(21,22)23/h5-7,12H,8-11,13-14H2,1-4H3,(H2,24,25,26). The molecule has 1 saturated heterocycles. The molecule has 1 aliphatic heterocycles. The van der Waals surface area contributed by atoms with E-state index in [9.17, 15) is 13.2 Å². The highest BCUT2D eigenvalue weighted by molar-refractivity contribution is 7.99. The van der Waals surface area contributed by atoms with E-state index in [4.69, 9.17) is 4.74 Å². The van der Waals surface area contributed by atoms with Gasteiger partial charge in [0.25, 0.3) is 0 Å². The van der Waals surface area contributed by atoms with Gasteiger partial charge < -0.3 is 15.4 Å². The summed E-state index contributed by atoms with van der Waals surface area (Å²) in [5.41, 5.74) is -0.343. The van der Waals surface area contributed by atoms with Crippen LogP contribution in [0.5, 0.6) is 0 Å². The van der Waals surface area contributed by atoms with E-state index < -0.39 is 17.2 Å². The number of thioether (sulfide) groups is 1. The Morgan fingerprint density at radius 3 is 2.46 bits per heavy atom. The number of hydrogen-bond acceptors (Lipinski definition) is 3. The summed E-state index contributed by atoms with van der Waals surface area (Å²) in [7, 11) is 1.70. The molecule has 1 aromatic carbocycles. The Hall–Kier alpha value is -1.41. The minimum absolute atomic E-state index is 0.0506.